The van der Waals surface area contributed by atoms with Gasteiger partial charge in [0.25, 0.3) is 0 Å². The molecular formula is C20H30MgSi. The molecule has 0 aliphatic heterocycles. The predicted octanol–water partition coefficient (Wildman–Crippen LogP) is 5.18. The standard InChI is InChI=1S/C11H17Si.C9H13.Mg/c1-11(2,3)9-6-7-10(8-9)12(4)5;1-9(2,3)8-6-4-5-7-8;/h6,8H,1-5H3;6-7H,4H2,1-3H3;/q2*-1;+2. The fourth-order valence-electron chi connectivity index (χ4n) is 2.04. The second kappa shape index (κ2) is 8.61. The van der Waals surface area contributed by atoms with E-state index in [1.54, 1.807) is 0 Å². The zero-order chi connectivity index (χ0) is 16.3. The Morgan fingerprint density at radius 1 is 0.909 bits per heavy atom. The van der Waals surface area contributed by atoms with E-state index in [-0.39, 0.29) is 36.9 Å². The minimum Gasteiger partial charge on any atom is -0.273 e. The minimum absolute atomic E-state index is 0. The summed E-state index contributed by atoms with van der Waals surface area (Å²) in [6, 6.07) is 0. The molecule has 0 N–H and O–H groups in total. The molecule has 0 saturated heterocycles. The van der Waals surface area contributed by atoms with Crippen molar-refractivity contribution in [2.75, 3.05) is 0 Å². The molecule has 0 amide bonds. The van der Waals surface area contributed by atoms with Gasteiger partial charge in [-0.15, -0.1) is 6.42 Å². The van der Waals surface area contributed by atoms with Gasteiger partial charge in [0, 0.05) is 0 Å². The van der Waals surface area contributed by atoms with Crippen LogP contribution in [0.3, 0.4) is 0 Å². The molecule has 0 bridgehead atoms. The van der Waals surface area contributed by atoms with E-state index in [9.17, 15) is 0 Å². The zero-order valence-corrected chi connectivity index (χ0v) is 18.1. The normalized spacial score (nSPS) is 16.6. The Balaban J connectivity index is 0.000000397. The van der Waals surface area contributed by atoms with E-state index in [0.29, 0.717) is 5.41 Å². The number of rotatable bonds is 0. The van der Waals surface area contributed by atoms with Gasteiger partial charge in [0.05, 0.1) is 0 Å². The predicted molar refractivity (Wildman–Crippen MR) is 104 cm³/mol. The first-order valence-corrected chi connectivity index (χ1v) is 10.3. The summed E-state index contributed by atoms with van der Waals surface area (Å²) in [7, 11) is -0.306. The van der Waals surface area contributed by atoms with Crippen LogP contribution in [0.25, 0.3) is 0 Å². The first kappa shape index (κ1) is 21.8. The third kappa shape index (κ3) is 6.93. The first-order valence-electron chi connectivity index (χ1n) is 7.78. The van der Waals surface area contributed by atoms with Gasteiger partial charge in [-0.1, -0.05) is 65.5 Å². The van der Waals surface area contributed by atoms with Crippen LogP contribution in [0.1, 0.15) is 48.0 Å². The maximum atomic E-state index is 3.36. The molecule has 0 heterocycles. The van der Waals surface area contributed by atoms with Crippen LogP contribution in [-0.2, 0) is 0 Å². The van der Waals surface area contributed by atoms with Crippen molar-refractivity contribution < 1.29 is 0 Å². The van der Waals surface area contributed by atoms with Crippen molar-refractivity contribution in [1.29, 1.82) is 0 Å². The van der Waals surface area contributed by atoms with E-state index in [1.165, 1.54) is 16.3 Å². The van der Waals surface area contributed by atoms with Gasteiger partial charge in [-0.05, 0) is 8.41 Å². The molecule has 116 valence electrons. The topological polar surface area (TPSA) is 0 Å². The molecule has 2 aliphatic carbocycles. The molecule has 2 aliphatic rings. The third-order valence-corrected chi connectivity index (χ3v) is 5.02. The first-order chi connectivity index (χ1) is 9.51. The molecule has 2 heteroatoms. The molecule has 22 heavy (non-hydrogen) atoms. The molecule has 0 nitrogen and oxygen atoms in total. The fourth-order valence-corrected chi connectivity index (χ4v) is 2.84. The average Bonchev–Trinajstić information content (AvgIpc) is 3.00. The van der Waals surface area contributed by atoms with Gasteiger partial charge < -0.3 is 0 Å². The summed E-state index contributed by atoms with van der Waals surface area (Å²) in [5, 5.41) is 1.44. The summed E-state index contributed by atoms with van der Waals surface area (Å²) < 4.78 is 0. The summed E-state index contributed by atoms with van der Waals surface area (Å²) in [5.41, 5.74) is 3.45. The van der Waals surface area contributed by atoms with Crippen LogP contribution in [0.2, 0.25) is 13.1 Å². The Bertz CT molecular complexity index is 525. The molecule has 0 unspecified atom stereocenters. The third-order valence-electron chi connectivity index (χ3n) is 3.65. The van der Waals surface area contributed by atoms with Crippen LogP contribution in [0.5, 0.6) is 0 Å². The quantitative estimate of drug-likeness (QED) is 0.426. The van der Waals surface area contributed by atoms with Crippen LogP contribution in [0, 0.1) is 23.0 Å². The molecule has 0 aromatic heterocycles. The van der Waals surface area contributed by atoms with Crippen LogP contribution < -0.4 is 0 Å². The summed E-state index contributed by atoms with van der Waals surface area (Å²) in [4.78, 5) is 0. The second-order valence-electron chi connectivity index (χ2n) is 8.01. The smallest absolute Gasteiger partial charge is 0.273 e. The maximum Gasteiger partial charge on any atom is 2.00 e. The summed E-state index contributed by atoms with van der Waals surface area (Å²) >= 11 is 0. The van der Waals surface area contributed by atoms with Gasteiger partial charge in [-0.25, -0.2) is 12.2 Å². The number of allylic oxidation sites excluding steroid dienone is 8. The van der Waals surface area contributed by atoms with Crippen molar-refractivity contribution in [3.8, 4) is 0 Å². The molecule has 0 radical (unpaired) electrons. The zero-order valence-electron chi connectivity index (χ0n) is 15.7. The molecule has 0 spiro atoms. The van der Waals surface area contributed by atoms with E-state index in [2.05, 4.69) is 91.1 Å². The summed E-state index contributed by atoms with van der Waals surface area (Å²) in [6.45, 7) is 18.0. The average molecular weight is 323 g/mol. The minimum atomic E-state index is -0.306. The van der Waals surface area contributed by atoms with Crippen molar-refractivity contribution in [1.82, 2.24) is 0 Å². The largest absolute Gasteiger partial charge is 2.00 e. The van der Waals surface area contributed by atoms with Gasteiger partial charge >= 0.3 is 23.1 Å². The fraction of sp³-hybridized carbons (Fsp3) is 0.550. The van der Waals surface area contributed by atoms with E-state index in [4.69, 9.17) is 0 Å². The van der Waals surface area contributed by atoms with Gasteiger partial charge in [-0.3, -0.25) is 6.08 Å². The van der Waals surface area contributed by atoms with Gasteiger partial charge in [0.2, 0.25) is 0 Å². The van der Waals surface area contributed by atoms with Gasteiger partial charge in [0.15, 0.2) is 0 Å². The Labute approximate surface area is 155 Å². The van der Waals surface area contributed by atoms with E-state index >= 15 is 0 Å². The van der Waals surface area contributed by atoms with Crippen LogP contribution in [0.15, 0.2) is 35.5 Å². The SMILES string of the molecule is CC(C)(C)C1=CC[C-]=C1.C[Si](C)=C1[C-]=CC(C(C)(C)C)=C1.[Mg+2]. The molecule has 0 aromatic rings. The molecular weight excluding hydrogens is 293 g/mol. The van der Waals surface area contributed by atoms with E-state index in [1.807, 2.05) is 0 Å². The van der Waals surface area contributed by atoms with Crippen LogP contribution in [-0.4, -0.2) is 36.6 Å². The Morgan fingerprint density at radius 3 is 1.68 bits per heavy atom. The van der Waals surface area contributed by atoms with Crippen molar-refractivity contribution in [2.24, 2.45) is 10.8 Å². The van der Waals surface area contributed by atoms with E-state index in [0.717, 1.165) is 6.42 Å². The van der Waals surface area contributed by atoms with Crippen LogP contribution in [0.4, 0.5) is 0 Å². The van der Waals surface area contributed by atoms with E-state index < -0.39 is 0 Å². The summed E-state index contributed by atoms with van der Waals surface area (Å²) in [5.74, 6) is 0. The molecule has 0 saturated carbocycles. The van der Waals surface area contributed by atoms with Gasteiger partial charge in [0.1, 0.15) is 0 Å². The van der Waals surface area contributed by atoms with Gasteiger partial charge in [-0.2, -0.15) is 34.5 Å². The second-order valence-corrected chi connectivity index (χ2v) is 10.6. The molecule has 0 atom stereocenters. The molecule has 2 rings (SSSR count). The monoisotopic (exact) mass is 322 g/mol. The number of hydrogen-bond donors (Lipinski definition) is 0. The van der Waals surface area contributed by atoms with Crippen molar-refractivity contribution in [3.05, 3.63) is 47.6 Å². The molecule has 0 fully saturated rings. The van der Waals surface area contributed by atoms with Crippen molar-refractivity contribution in [3.63, 3.8) is 0 Å². The Hall–Kier alpha value is -0.187. The van der Waals surface area contributed by atoms with Crippen molar-refractivity contribution >= 4 is 36.6 Å². The Morgan fingerprint density at radius 2 is 1.45 bits per heavy atom. The van der Waals surface area contributed by atoms with Crippen LogP contribution >= 0.6 is 0 Å². The van der Waals surface area contributed by atoms with Crippen molar-refractivity contribution in [2.45, 2.75) is 61.1 Å². The Kier molecular flexibility index (Phi) is 8.53. The maximum absolute atomic E-state index is 3.36. The summed E-state index contributed by atoms with van der Waals surface area (Å²) in [6.07, 6.45) is 16.3. The molecule has 0 aromatic carbocycles. The number of hydrogen-bond acceptors (Lipinski definition) is 0.